The van der Waals surface area contributed by atoms with E-state index >= 15 is 0 Å². The second-order valence-electron chi connectivity index (χ2n) is 5.48. The highest BCUT2D eigenvalue weighted by atomic mass is 16.5. The van der Waals surface area contributed by atoms with Gasteiger partial charge in [0.1, 0.15) is 0 Å². The van der Waals surface area contributed by atoms with Crippen LogP contribution in [0.1, 0.15) is 33.3 Å². The SMILES string of the molecule is CCNC(Cc1ccoc1)C1C(C)OC(C)C1C. The van der Waals surface area contributed by atoms with E-state index in [0.717, 1.165) is 13.0 Å². The highest BCUT2D eigenvalue weighted by Crippen LogP contribution is 2.35. The van der Waals surface area contributed by atoms with Gasteiger partial charge in [-0.2, -0.15) is 0 Å². The summed E-state index contributed by atoms with van der Waals surface area (Å²) >= 11 is 0. The third kappa shape index (κ3) is 2.78. The molecule has 0 amide bonds. The highest BCUT2D eigenvalue weighted by Gasteiger charge is 2.41. The van der Waals surface area contributed by atoms with Gasteiger partial charge in [0, 0.05) is 12.0 Å². The third-order valence-corrected chi connectivity index (χ3v) is 4.29. The minimum Gasteiger partial charge on any atom is -0.472 e. The van der Waals surface area contributed by atoms with E-state index in [2.05, 4.69) is 39.1 Å². The normalized spacial score (nSPS) is 33.8. The number of furan rings is 1. The van der Waals surface area contributed by atoms with Crippen LogP contribution >= 0.6 is 0 Å². The minimum atomic E-state index is 0.325. The zero-order valence-electron chi connectivity index (χ0n) is 11.8. The van der Waals surface area contributed by atoms with E-state index < -0.39 is 0 Å². The Balaban J connectivity index is 2.09. The first-order chi connectivity index (χ1) is 8.63. The summed E-state index contributed by atoms with van der Waals surface area (Å²) in [5.41, 5.74) is 1.26. The Morgan fingerprint density at radius 2 is 2.06 bits per heavy atom. The Morgan fingerprint density at radius 1 is 1.28 bits per heavy atom. The van der Waals surface area contributed by atoms with Gasteiger partial charge in [-0.15, -0.1) is 0 Å². The van der Waals surface area contributed by atoms with E-state index in [4.69, 9.17) is 9.15 Å². The lowest BCUT2D eigenvalue weighted by Crippen LogP contribution is -2.43. The second-order valence-corrected chi connectivity index (χ2v) is 5.48. The Labute approximate surface area is 110 Å². The molecule has 1 saturated heterocycles. The fourth-order valence-electron chi connectivity index (χ4n) is 3.26. The van der Waals surface area contributed by atoms with Crippen LogP contribution in [0.25, 0.3) is 0 Å². The fraction of sp³-hybridized carbons (Fsp3) is 0.733. The average Bonchev–Trinajstić information content (AvgIpc) is 2.89. The minimum absolute atomic E-state index is 0.325. The van der Waals surface area contributed by atoms with E-state index in [9.17, 15) is 0 Å². The summed E-state index contributed by atoms with van der Waals surface area (Å²) in [5, 5.41) is 3.62. The van der Waals surface area contributed by atoms with Gasteiger partial charge in [0.15, 0.2) is 0 Å². The maximum atomic E-state index is 5.97. The number of ether oxygens (including phenoxy) is 1. The van der Waals surface area contributed by atoms with Gasteiger partial charge in [-0.3, -0.25) is 0 Å². The average molecular weight is 251 g/mol. The van der Waals surface area contributed by atoms with Crippen molar-refractivity contribution >= 4 is 0 Å². The molecule has 0 radical (unpaired) electrons. The first kappa shape index (κ1) is 13.6. The van der Waals surface area contributed by atoms with Gasteiger partial charge in [0.25, 0.3) is 0 Å². The van der Waals surface area contributed by atoms with Crippen molar-refractivity contribution in [2.24, 2.45) is 11.8 Å². The first-order valence-corrected chi connectivity index (χ1v) is 7.03. The lowest BCUT2D eigenvalue weighted by Gasteiger charge is -2.29. The van der Waals surface area contributed by atoms with E-state index in [1.54, 1.807) is 6.26 Å². The molecule has 2 heterocycles. The predicted molar refractivity (Wildman–Crippen MR) is 72.5 cm³/mol. The number of rotatable bonds is 5. The molecule has 1 fully saturated rings. The van der Waals surface area contributed by atoms with Crippen LogP contribution in [0.3, 0.4) is 0 Å². The molecule has 1 aromatic rings. The molecule has 1 aromatic heterocycles. The lowest BCUT2D eigenvalue weighted by atomic mass is 9.81. The van der Waals surface area contributed by atoms with Crippen molar-refractivity contribution in [2.45, 2.75) is 52.4 Å². The van der Waals surface area contributed by atoms with Gasteiger partial charge in [-0.1, -0.05) is 13.8 Å². The molecule has 5 atom stereocenters. The summed E-state index contributed by atoms with van der Waals surface area (Å²) in [6.45, 7) is 9.84. The Hall–Kier alpha value is -0.800. The van der Waals surface area contributed by atoms with Gasteiger partial charge in [-0.05, 0) is 44.4 Å². The molecule has 0 spiro atoms. The van der Waals surface area contributed by atoms with Crippen LogP contribution in [-0.4, -0.2) is 24.8 Å². The quantitative estimate of drug-likeness (QED) is 0.874. The van der Waals surface area contributed by atoms with Crippen LogP contribution in [0.15, 0.2) is 23.0 Å². The number of hydrogen-bond donors (Lipinski definition) is 1. The Kier molecular flexibility index (Phi) is 4.46. The largest absolute Gasteiger partial charge is 0.472 e. The molecule has 3 nitrogen and oxygen atoms in total. The van der Waals surface area contributed by atoms with Crippen molar-refractivity contribution in [3.63, 3.8) is 0 Å². The predicted octanol–water partition coefficient (Wildman–Crippen LogP) is 2.86. The molecule has 3 heteroatoms. The van der Waals surface area contributed by atoms with E-state index in [1.165, 1.54) is 5.56 Å². The van der Waals surface area contributed by atoms with Crippen molar-refractivity contribution in [3.05, 3.63) is 24.2 Å². The zero-order chi connectivity index (χ0) is 13.1. The number of hydrogen-bond acceptors (Lipinski definition) is 3. The van der Waals surface area contributed by atoms with Gasteiger partial charge in [0.2, 0.25) is 0 Å². The summed E-state index contributed by atoms with van der Waals surface area (Å²) in [6.07, 6.45) is 5.29. The maximum Gasteiger partial charge on any atom is 0.0935 e. The molecular formula is C15H25NO2. The van der Waals surface area contributed by atoms with Crippen LogP contribution in [-0.2, 0) is 11.2 Å². The standard InChI is InChI=1S/C15H25NO2/c1-5-16-14(8-13-6-7-17-9-13)15-10(2)11(3)18-12(15)4/h6-7,9-12,14-16H,5,8H2,1-4H3. The smallest absolute Gasteiger partial charge is 0.0935 e. The highest BCUT2D eigenvalue weighted by molar-refractivity contribution is 5.09. The summed E-state index contributed by atoms with van der Waals surface area (Å²) < 4.78 is 11.1. The van der Waals surface area contributed by atoms with Gasteiger partial charge in [0.05, 0.1) is 24.7 Å². The molecule has 18 heavy (non-hydrogen) atoms. The monoisotopic (exact) mass is 251 g/mol. The molecule has 0 aliphatic carbocycles. The van der Waals surface area contributed by atoms with Crippen LogP contribution in [0.2, 0.25) is 0 Å². The topological polar surface area (TPSA) is 34.4 Å². The van der Waals surface area contributed by atoms with Crippen molar-refractivity contribution in [3.8, 4) is 0 Å². The van der Waals surface area contributed by atoms with Crippen LogP contribution in [0, 0.1) is 11.8 Å². The Bertz CT molecular complexity index is 349. The van der Waals surface area contributed by atoms with Crippen LogP contribution in [0.5, 0.6) is 0 Å². The van der Waals surface area contributed by atoms with E-state index in [1.807, 2.05) is 6.26 Å². The van der Waals surface area contributed by atoms with Crippen molar-refractivity contribution in [2.75, 3.05) is 6.54 Å². The summed E-state index contributed by atoms with van der Waals surface area (Å²) in [4.78, 5) is 0. The van der Waals surface area contributed by atoms with Gasteiger partial charge in [-0.25, -0.2) is 0 Å². The molecule has 1 N–H and O–H groups in total. The van der Waals surface area contributed by atoms with Crippen molar-refractivity contribution in [1.29, 1.82) is 0 Å². The Morgan fingerprint density at radius 3 is 2.56 bits per heavy atom. The van der Waals surface area contributed by atoms with E-state index in [-0.39, 0.29) is 0 Å². The molecule has 102 valence electrons. The van der Waals surface area contributed by atoms with Crippen molar-refractivity contribution < 1.29 is 9.15 Å². The number of likely N-dealkylation sites (N-methyl/N-ethyl adjacent to an activating group) is 1. The molecule has 1 aliphatic heterocycles. The molecule has 0 bridgehead atoms. The first-order valence-electron chi connectivity index (χ1n) is 7.03. The molecule has 0 saturated carbocycles. The molecule has 1 aliphatic rings. The maximum absolute atomic E-state index is 5.97. The number of nitrogens with one attached hydrogen (secondary N) is 1. The summed E-state index contributed by atoms with van der Waals surface area (Å²) in [7, 11) is 0. The van der Waals surface area contributed by atoms with Crippen molar-refractivity contribution in [1.82, 2.24) is 5.32 Å². The van der Waals surface area contributed by atoms with E-state index in [0.29, 0.717) is 30.1 Å². The molecule has 2 rings (SSSR count). The summed E-state index contributed by atoms with van der Waals surface area (Å²) in [5.74, 6) is 1.16. The molecule has 5 unspecified atom stereocenters. The lowest BCUT2D eigenvalue weighted by molar-refractivity contribution is 0.0476. The van der Waals surface area contributed by atoms with Gasteiger partial charge >= 0.3 is 0 Å². The van der Waals surface area contributed by atoms with Gasteiger partial charge < -0.3 is 14.5 Å². The second kappa shape index (κ2) is 5.89. The fourth-order valence-corrected chi connectivity index (χ4v) is 3.26. The third-order valence-electron chi connectivity index (χ3n) is 4.29. The molecule has 0 aromatic carbocycles. The summed E-state index contributed by atoms with van der Waals surface area (Å²) in [6, 6.07) is 2.52. The zero-order valence-corrected chi connectivity index (χ0v) is 11.8. The van der Waals surface area contributed by atoms with Crippen LogP contribution < -0.4 is 5.32 Å². The van der Waals surface area contributed by atoms with Crippen LogP contribution in [0.4, 0.5) is 0 Å². The molecular weight excluding hydrogens is 226 g/mol.